The van der Waals surface area contributed by atoms with E-state index >= 15 is 4.39 Å². The average molecular weight is 419 g/mol. The van der Waals surface area contributed by atoms with Gasteiger partial charge in [-0.2, -0.15) is 0 Å². The zero-order valence-electron chi connectivity index (χ0n) is 15.1. The molecule has 2 heterocycles. The number of aryl methyl sites for hydroxylation is 1. The van der Waals surface area contributed by atoms with Crippen LogP contribution in [0.25, 0.3) is 16.9 Å². The third kappa shape index (κ3) is 3.29. The van der Waals surface area contributed by atoms with Crippen LogP contribution in [0, 0.1) is 11.6 Å². The summed E-state index contributed by atoms with van der Waals surface area (Å²) in [7, 11) is 0. The molecule has 9 heteroatoms. The van der Waals surface area contributed by atoms with Gasteiger partial charge in [0.15, 0.2) is 34.8 Å². The van der Waals surface area contributed by atoms with Crippen molar-refractivity contribution in [1.29, 1.82) is 0 Å². The molecular formula is C20H14ClF3N4O. The smallest absolute Gasteiger partial charge is 0.286 e. The summed E-state index contributed by atoms with van der Waals surface area (Å²) in [6.45, 7) is 2.30. The molecule has 0 N–H and O–H groups in total. The zero-order chi connectivity index (χ0) is 20.7. The van der Waals surface area contributed by atoms with E-state index in [9.17, 15) is 13.6 Å². The molecule has 0 bridgehead atoms. The molecule has 0 aliphatic rings. The highest BCUT2D eigenvalue weighted by molar-refractivity contribution is 6.30. The third-order valence-corrected chi connectivity index (χ3v) is 4.81. The molecule has 29 heavy (non-hydrogen) atoms. The van der Waals surface area contributed by atoms with Gasteiger partial charge >= 0.3 is 0 Å². The van der Waals surface area contributed by atoms with Crippen molar-refractivity contribution in [3.05, 3.63) is 87.2 Å². The molecule has 1 unspecified atom stereocenters. The first-order valence-corrected chi connectivity index (χ1v) is 9.11. The Bertz CT molecular complexity index is 1270. The van der Waals surface area contributed by atoms with Gasteiger partial charge in [-0.25, -0.2) is 23.1 Å². The van der Waals surface area contributed by atoms with Crippen molar-refractivity contribution in [2.24, 2.45) is 0 Å². The lowest BCUT2D eigenvalue weighted by molar-refractivity contribution is 0.373. The molecule has 0 fully saturated rings. The molecule has 0 spiro atoms. The van der Waals surface area contributed by atoms with Crippen LogP contribution in [-0.2, 0) is 6.54 Å². The summed E-state index contributed by atoms with van der Waals surface area (Å²) < 4.78 is 45.1. The number of halogens is 4. The Morgan fingerprint density at radius 3 is 2.48 bits per heavy atom. The Balaban J connectivity index is 2.01. The maximum Gasteiger partial charge on any atom is 0.286 e. The predicted molar refractivity (Wildman–Crippen MR) is 103 cm³/mol. The first kappa shape index (κ1) is 19.2. The van der Waals surface area contributed by atoms with Crippen LogP contribution >= 0.6 is 11.6 Å². The van der Waals surface area contributed by atoms with Gasteiger partial charge in [0.2, 0.25) is 0 Å². The van der Waals surface area contributed by atoms with Crippen LogP contribution in [0.3, 0.4) is 0 Å². The van der Waals surface area contributed by atoms with Gasteiger partial charge in [0.25, 0.3) is 5.56 Å². The summed E-state index contributed by atoms with van der Waals surface area (Å²) in [5.41, 5.74) is -0.142. The molecule has 0 radical (unpaired) electrons. The largest absolute Gasteiger partial charge is 0.315 e. The second-order valence-electron chi connectivity index (χ2n) is 6.33. The average Bonchev–Trinajstić information content (AvgIpc) is 3.14. The van der Waals surface area contributed by atoms with Crippen molar-refractivity contribution in [3.63, 3.8) is 0 Å². The topological polar surface area (TPSA) is 52.7 Å². The fourth-order valence-corrected chi connectivity index (χ4v) is 3.20. The van der Waals surface area contributed by atoms with Crippen LogP contribution in [0.1, 0.15) is 24.5 Å². The van der Waals surface area contributed by atoms with Gasteiger partial charge in [-0.05, 0) is 48.9 Å². The number of benzene rings is 2. The SMILES string of the molecule is CCn1cnc2c(=O)n(-c3ccc(Cl)cc3)c(C(F)c3ccc(F)c(F)c3)nc21. The van der Waals surface area contributed by atoms with E-state index < -0.39 is 23.4 Å². The van der Waals surface area contributed by atoms with Crippen LogP contribution < -0.4 is 5.56 Å². The lowest BCUT2D eigenvalue weighted by Crippen LogP contribution is -2.25. The number of nitrogens with zero attached hydrogens (tertiary/aromatic N) is 4. The molecule has 2 aromatic carbocycles. The number of alkyl halides is 1. The Morgan fingerprint density at radius 1 is 1.10 bits per heavy atom. The van der Waals surface area contributed by atoms with Crippen molar-refractivity contribution >= 4 is 22.8 Å². The van der Waals surface area contributed by atoms with Gasteiger partial charge in [-0.1, -0.05) is 17.7 Å². The molecule has 5 nitrogen and oxygen atoms in total. The lowest BCUT2D eigenvalue weighted by atomic mass is 10.1. The maximum atomic E-state index is 15.5. The van der Waals surface area contributed by atoms with Gasteiger partial charge in [0.1, 0.15) is 0 Å². The van der Waals surface area contributed by atoms with Crippen molar-refractivity contribution in [1.82, 2.24) is 19.1 Å². The summed E-state index contributed by atoms with van der Waals surface area (Å²) >= 11 is 5.92. The Kier molecular flexibility index (Phi) is 4.87. The van der Waals surface area contributed by atoms with E-state index in [2.05, 4.69) is 9.97 Å². The van der Waals surface area contributed by atoms with E-state index in [1.807, 2.05) is 6.92 Å². The first-order chi connectivity index (χ1) is 13.9. The molecule has 0 amide bonds. The molecule has 0 aliphatic carbocycles. The molecule has 0 aliphatic heterocycles. The summed E-state index contributed by atoms with van der Waals surface area (Å²) in [6.07, 6.45) is -0.544. The zero-order valence-corrected chi connectivity index (χ0v) is 15.9. The van der Waals surface area contributed by atoms with Crippen LogP contribution in [0.15, 0.2) is 53.6 Å². The first-order valence-electron chi connectivity index (χ1n) is 8.73. The standard InChI is InChI=1S/C20H14ClF3N4O/c1-2-27-10-25-17-19(27)26-18(16(24)11-3-8-14(22)15(23)9-11)28(20(17)29)13-6-4-12(21)5-7-13/h3-10,16H,2H2,1H3. The third-order valence-electron chi connectivity index (χ3n) is 4.55. The number of hydrogen-bond donors (Lipinski definition) is 0. The van der Waals surface area contributed by atoms with E-state index in [0.717, 1.165) is 22.8 Å². The molecular weight excluding hydrogens is 405 g/mol. The van der Waals surface area contributed by atoms with Crippen LogP contribution in [0.2, 0.25) is 5.02 Å². The fourth-order valence-electron chi connectivity index (χ4n) is 3.07. The number of hydrogen-bond acceptors (Lipinski definition) is 3. The van der Waals surface area contributed by atoms with Crippen molar-refractivity contribution < 1.29 is 13.2 Å². The van der Waals surface area contributed by atoms with Crippen molar-refractivity contribution in [2.45, 2.75) is 19.6 Å². The summed E-state index contributed by atoms with van der Waals surface area (Å²) in [6, 6.07) is 8.86. The van der Waals surface area contributed by atoms with Gasteiger partial charge in [-0.15, -0.1) is 0 Å². The second kappa shape index (κ2) is 7.36. The molecule has 0 saturated carbocycles. The summed E-state index contributed by atoms with van der Waals surface area (Å²) in [5, 5.41) is 0.435. The molecule has 2 aromatic heterocycles. The molecule has 4 rings (SSSR count). The number of aromatic nitrogens is 4. The highest BCUT2D eigenvalue weighted by Crippen LogP contribution is 2.28. The highest BCUT2D eigenvalue weighted by Gasteiger charge is 2.25. The maximum absolute atomic E-state index is 15.5. The molecule has 148 valence electrons. The van der Waals surface area contributed by atoms with E-state index in [1.54, 1.807) is 16.7 Å². The summed E-state index contributed by atoms with van der Waals surface area (Å²) in [5.74, 6) is -2.56. The molecule has 4 aromatic rings. The number of rotatable bonds is 4. The predicted octanol–water partition coefficient (Wildman–Crippen LogP) is 4.59. The van der Waals surface area contributed by atoms with Gasteiger partial charge < -0.3 is 4.57 Å². The minimum absolute atomic E-state index is 0.0723. The quantitative estimate of drug-likeness (QED) is 0.487. The Hall–Kier alpha value is -3.13. The number of fused-ring (bicyclic) bond motifs is 1. The van der Waals surface area contributed by atoms with E-state index in [-0.39, 0.29) is 22.6 Å². The summed E-state index contributed by atoms with van der Waals surface area (Å²) in [4.78, 5) is 21.6. The minimum atomic E-state index is -1.99. The van der Waals surface area contributed by atoms with Gasteiger partial charge in [-0.3, -0.25) is 9.36 Å². The van der Waals surface area contributed by atoms with Gasteiger partial charge in [0.05, 0.1) is 12.0 Å². The molecule has 1 atom stereocenters. The minimum Gasteiger partial charge on any atom is -0.315 e. The Labute approximate surface area is 168 Å². The van der Waals surface area contributed by atoms with Crippen molar-refractivity contribution in [2.75, 3.05) is 0 Å². The van der Waals surface area contributed by atoms with E-state index in [1.165, 1.54) is 18.5 Å². The monoisotopic (exact) mass is 418 g/mol. The highest BCUT2D eigenvalue weighted by atomic mass is 35.5. The van der Waals surface area contributed by atoms with Crippen LogP contribution in [-0.4, -0.2) is 19.1 Å². The van der Waals surface area contributed by atoms with E-state index in [0.29, 0.717) is 17.3 Å². The Morgan fingerprint density at radius 2 is 1.83 bits per heavy atom. The fraction of sp³-hybridized carbons (Fsp3) is 0.150. The lowest BCUT2D eigenvalue weighted by Gasteiger charge is -2.16. The van der Waals surface area contributed by atoms with E-state index in [4.69, 9.17) is 11.6 Å². The normalized spacial score (nSPS) is 12.4. The van der Waals surface area contributed by atoms with Gasteiger partial charge in [0, 0.05) is 11.6 Å². The van der Waals surface area contributed by atoms with Crippen molar-refractivity contribution in [3.8, 4) is 5.69 Å². The second-order valence-corrected chi connectivity index (χ2v) is 6.76. The van der Waals surface area contributed by atoms with Crippen LogP contribution in [0.5, 0.6) is 0 Å². The molecule has 0 saturated heterocycles. The number of imidazole rings is 1. The van der Waals surface area contributed by atoms with Crippen LogP contribution in [0.4, 0.5) is 13.2 Å².